The molecule has 2 N–H and O–H groups in total. The smallest absolute Gasteiger partial charge is 0.110 e. The minimum atomic E-state index is 0.0860. The number of para-hydroxylation sites is 2. The molecule has 0 saturated heterocycles. The quantitative estimate of drug-likeness (QED) is 0.780. The number of rotatable bonds is 4. The van der Waals surface area contributed by atoms with E-state index in [1.807, 2.05) is 24.3 Å². The fourth-order valence-corrected chi connectivity index (χ4v) is 3.36. The highest BCUT2D eigenvalue weighted by Gasteiger charge is 2.20. The first-order valence-electron chi connectivity index (χ1n) is 7.16. The third-order valence-corrected chi connectivity index (χ3v) is 4.51. The van der Waals surface area contributed by atoms with Gasteiger partial charge < -0.3 is 10.3 Å². The Hall–Kier alpha value is -1.65. The highest BCUT2D eigenvalue weighted by atomic mass is 79.9. The van der Waals surface area contributed by atoms with E-state index in [0.717, 1.165) is 27.8 Å². The lowest BCUT2D eigenvalue weighted by molar-refractivity contribution is 0.582. The second-order valence-corrected chi connectivity index (χ2v) is 5.87. The lowest BCUT2D eigenvalue weighted by Gasteiger charge is -2.21. The number of benzene rings is 2. The van der Waals surface area contributed by atoms with E-state index in [9.17, 15) is 0 Å². The second-order valence-electron chi connectivity index (χ2n) is 5.01. The molecule has 108 valence electrons. The summed E-state index contributed by atoms with van der Waals surface area (Å²) in [6.45, 7) is 2.67. The van der Waals surface area contributed by atoms with Gasteiger partial charge in [0.15, 0.2) is 0 Å². The van der Waals surface area contributed by atoms with E-state index in [-0.39, 0.29) is 6.04 Å². The molecule has 4 heteroatoms. The van der Waals surface area contributed by atoms with Crippen molar-refractivity contribution in [1.82, 2.24) is 9.55 Å². The zero-order valence-corrected chi connectivity index (χ0v) is 13.5. The van der Waals surface area contributed by atoms with Gasteiger partial charge in [-0.3, -0.25) is 0 Å². The number of hydrogen-bond donors (Lipinski definition) is 1. The molecule has 0 saturated carbocycles. The van der Waals surface area contributed by atoms with Crippen LogP contribution < -0.4 is 5.73 Å². The Morgan fingerprint density at radius 3 is 2.57 bits per heavy atom. The van der Waals surface area contributed by atoms with Crippen molar-refractivity contribution in [3.8, 4) is 0 Å². The topological polar surface area (TPSA) is 43.8 Å². The molecule has 3 nitrogen and oxygen atoms in total. The summed E-state index contributed by atoms with van der Waals surface area (Å²) in [6, 6.07) is 16.6. The summed E-state index contributed by atoms with van der Waals surface area (Å²) in [4.78, 5) is 4.75. The van der Waals surface area contributed by atoms with Gasteiger partial charge in [0.2, 0.25) is 0 Å². The molecule has 0 amide bonds. The van der Waals surface area contributed by atoms with E-state index >= 15 is 0 Å². The zero-order valence-electron chi connectivity index (χ0n) is 12.0. The third-order valence-electron chi connectivity index (χ3n) is 3.78. The molecule has 0 fully saturated rings. The number of aromatic nitrogens is 2. The first-order valence-corrected chi connectivity index (χ1v) is 7.96. The Morgan fingerprint density at radius 2 is 1.86 bits per heavy atom. The molecule has 21 heavy (non-hydrogen) atoms. The Labute approximate surface area is 132 Å². The number of hydrogen-bond acceptors (Lipinski definition) is 2. The maximum atomic E-state index is 6.11. The van der Waals surface area contributed by atoms with Crippen molar-refractivity contribution in [2.24, 2.45) is 5.73 Å². The molecule has 0 aliphatic heterocycles. The summed E-state index contributed by atoms with van der Waals surface area (Å²) in [6.07, 6.45) is 0.885. The maximum Gasteiger partial charge on any atom is 0.110 e. The largest absolute Gasteiger partial charge is 0.328 e. The van der Waals surface area contributed by atoms with Gasteiger partial charge in [-0.2, -0.15) is 0 Å². The van der Waals surface area contributed by atoms with E-state index in [1.165, 1.54) is 5.56 Å². The molecule has 2 aromatic carbocycles. The molecule has 1 atom stereocenters. The highest BCUT2D eigenvalue weighted by Crippen LogP contribution is 2.30. The van der Waals surface area contributed by atoms with Crippen LogP contribution in [-0.4, -0.2) is 16.1 Å². The predicted molar refractivity (Wildman–Crippen MR) is 90.4 cm³/mol. The van der Waals surface area contributed by atoms with Crippen LogP contribution in [0.5, 0.6) is 0 Å². The van der Waals surface area contributed by atoms with Crippen molar-refractivity contribution in [2.75, 3.05) is 6.54 Å². The standard InChI is InChI=1S/C17H18BrN3/c1-2-17-20-14-9-5-6-10-15(14)21(17)16(11-19)12-7-3-4-8-13(12)18/h3-10,16H,2,11,19H2,1H3. The number of nitrogens with two attached hydrogens (primary N) is 1. The van der Waals surface area contributed by atoms with Gasteiger partial charge in [0.1, 0.15) is 5.82 Å². The van der Waals surface area contributed by atoms with Crippen LogP contribution in [0.4, 0.5) is 0 Å². The molecule has 0 aliphatic carbocycles. The van der Waals surface area contributed by atoms with Crippen molar-refractivity contribution in [2.45, 2.75) is 19.4 Å². The van der Waals surface area contributed by atoms with Crippen molar-refractivity contribution < 1.29 is 0 Å². The minimum Gasteiger partial charge on any atom is -0.328 e. The fraction of sp³-hybridized carbons (Fsp3) is 0.235. The summed E-state index contributed by atoms with van der Waals surface area (Å²) in [5.74, 6) is 1.07. The van der Waals surface area contributed by atoms with Gasteiger partial charge in [0, 0.05) is 17.4 Å². The van der Waals surface area contributed by atoms with Crippen LogP contribution in [0.25, 0.3) is 11.0 Å². The van der Waals surface area contributed by atoms with Gasteiger partial charge >= 0.3 is 0 Å². The van der Waals surface area contributed by atoms with E-state index in [2.05, 4.69) is 51.7 Å². The predicted octanol–water partition coefficient (Wildman–Crippen LogP) is 3.91. The molecule has 0 radical (unpaired) electrons. The molecule has 0 bridgehead atoms. The van der Waals surface area contributed by atoms with Crippen LogP contribution in [0.15, 0.2) is 53.0 Å². The Balaban J connectivity index is 2.24. The summed E-state index contributed by atoms with van der Waals surface area (Å²) in [5, 5.41) is 0. The Kier molecular flexibility index (Phi) is 4.08. The highest BCUT2D eigenvalue weighted by molar-refractivity contribution is 9.10. The second kappa shape index (κ2) is 6.00. The van der Waals surface area contributed by atoms with Crippen LogP contribution in [0.2, 0.25) is 0 Å². The summed E-state index contributed by atoms with van der Waals surface area (Å²) in [5.41, 5.74) is 9.47. The monoisotopic (exact) mass is 343 g/mol. The Morgan fingerprint density at radius 1 is 1.14 bits per heavy atom. The van der Waals surface area contributed by atoms with Crippen LogP contribution in [0.1, 0.15) is 24.4 Å². The molecule has 1 aromatic heterocycles. The normalized spacial score (nSPS) is 12.7. The fourth-order valence-electron chi connectivity index (χ4n) is 2.81. The molecule has 1 unspecified atom stereocenters. The maximum absolute atomic E-state index is 6.11. The molecule has 0 aliphatic rings. The van der Waals surface area contributed by atoms with E-state index in [4.69, 9.17) is 10.7 Å². The Bertz CT molecular complexity index is 764. The van der Waals surface area contributed by atoms with Crippen LogP contribution in [0, 0.1) is 0 Å². The molecule has 3 rings (SSSR count). The number of nitrogens with zero attached hydrogens (tertiary/aromatic N) is 2. The average Bonchev–Trinajstić information content (AvgIpc) is 2.89. The number of imidazole rings is 1. The van der Waals surface area contributed by atoms with Crippen LogP contribution in [0.3, 0.4) is 0 Å². The van der Waals surface area contributed by atoms with E-state index in [0.29, 0.717) is 6.54 Å². The van der Waals surface area contributed by atoms with Gasteiger partial charge in [-0.05, 0) is 23.8 Å². The zero-order chi connectivity index (χ0) is 14.8. The van der Waals surface area contributed by atoms with Crippen LogP contribution in [-0.2, 0) is 6.42 Å². The third kappa shape index (κ3) is 2.49. The number of halogens is 1. The van der Waals surface area contributed by atoms with Gasteiger partial charge in [-0.15, -0.1) is 0 Å². The van der Waals surface area contributed by atoms with E-state index < -0.39 is 0 Å². The average molecular weight is 344 g/mol. The number of aryl methyl sites for hydroxylation is 1. The molecule has 3 aromatic rings. The minimum absolute atomic E-state index is 0.0860. The van der Waals surface area contributed by atoms with Gasteiger partial charge in [-0.1, -0.05) is 53.2 Å². The van der Waals surface area contributed by atoms with Crippen molar-refractivity contribution in [3.63, 3.8) is 0 Å². The SMILES string of the molecule is CCc1nc2ccccc2n1C(CN)c1ccccc1Br. The first-order chi connectivity index (χ1) is 10.3. The number of fused-ring (bicyclic) bond motifs is 1. The van der Waals surface area contributed by atoms with Gasteiger partial charge in [0.25, 0.3) is 0 Å². The summed E-state index contributed by atoms with van der Waals surface area (Å²) in [7, 11) is 0. The van der Waals surface area contributed by atoms with Crippen molar-refractivity contribution >= 4 is 27.0 Å². The molecular weight excluding hydrogens is 326 g/mol. The molecule has 0 spiro atoms. The van der Waals surface area contributed by atoms with Gasteiger partial charge in [-0.25, -0.2) is 4.98 Å². The van der Waals surface area contributed by atoms with Crippen molar-refractivity contribution in [1.29, 1.82) is 0 Å². The van der Waals surface area contributed by atoms with Crippen LogP contribution >= 0.6 is 15.9 Å². The molecule has 1 heterocycles. The first kappa shape index (κ1) is 14.3. The van der Waals surface area contributed by atoms with E-state index in [1.54, 1.807) is 0 Å². The lowest BCUT2D eigenvalue weighted by Crippen LogP contribution is -2.22. The summed E-state index contributed by atoms with van der Waals surface area (Å²) >= 11 is 3.64. The molecular formula is C17H18BrN3. The van der Waals surface area contributed by atoms with Gasteiger partial charge in [0.05, 0.1) is 17.1 Å². The summed E-state index contributed by atoms with van der Waals surface area (Å²) < 4.78 is 3.36. The van der Waals surface area contributed by atoms with Crippen molar-refractivity contribution in [3.05, 3.63) is 64.4 Å². The lowest BCUT2D eigenvalue weighted by atomic mass is 10.1.